The molecule has 1 fully saturated rings. The van der Waals surface area contributed by atoms with Crippen molar-refractivity contribution in [3.05, 3.63) is 71.3 Å². The van der Waals surface area contributed by atoms with E-state index >= 15 is 0 Å². The molecule has 2 aliphatic heterocycles. The molecule has 1 saturated heterocycles. The topological polar surface area (TPSA) is 87.6 Å². The van der Waals surface area contributed by atoms with Gasteiger partial charge in [0.15, 0.2) is 0 Å². The van der Waals surface area contributed by atoms with Gasteiger partial charge in [-0.3, -0.25) is 14.8 Å². The molecule has 0 spiro atoms. The Labute approximate surface area is 205 Å². The number of ether oxygens (including phenoxy) is 1. The van der Waals surface area contributed by atoms with Gasteiger partial charge in [0, 0.05) is 48.3 Å². The second-order valence-electron chi connectivity index (χ2n) is 9.08. The van der Waals surface area contributed by atoms with Crippen LogP contribution in [-0.4, -0.2) is 53.4 Å². The summed E-state index contributed by atoms with van der Waals surface area (Å²) >= 11 is 0. The van der Waals surface area contributed by atoms with E-state index in [0.717, 1.165) is 40.3 Å². The Morgan fingerprint density at radius 3 is 2.83 bits per heavy atom. The van der Waals surface area contributed by atoms with Crippen LogP contribution in [0.4, 0.5) is 24.5 Å². The minimum Gasteiger partial charge on any atom is -0.396 e. The Hall–Kier alpha value is -3.50. The quantitative estimate of drug-likeness (QED) is 0.564. The second-order valence-corrected chi connectivity index (χ2v) is 9.08. The number of aryl methyl sites for hydroxylation is 1. The number of aliphatic hydroxyl groups excluding tert-OH is 1. The summed E-state index contributed by atoms with van der Waals surface area (Å²) in [6, 6.07) is 9.47. The number of pyridine rings is 2. The highest BCUT2D eigenvalue weighted by Gasteiger charge is 2.37. The van der Waals surface area contributed by atoms with E-state index in [1.165, 1.54) is 6.07 Å². The lowest BCUT2D eigenvalue weighted by Crippen LogP contribution is -2.54. The third-order valence-electron chi connectivity index (χ3n) is 6.78. The van der Waals surface area contributed by atoms with Gasteiger partial charge < -0.3 is 20.1 Å². The Bertz CT molecular complexity index is 1300. The average Bonchev–Trinajstić information content (AvgIpc) is 2.88. The van der Waals surface area contributed by atoms with Crippen molar-refractivity contribution in [3.8, 4) is 11.1 Å². The molecule has 10 heteroatoms. The Morgan fingerprint density at radius 2 is 2.06 bits per heavy atom. The molecule has 1 aromatic carbocycles. The minimum absolute atomic E-state index is 0.0578. The van der Waals surface area contributed by atoms with Crippen LogP contribution < -0.4 is 10.2 Å². The van der Waals surface area contributed by atoms with Gasteiger partial charge >= 0.3 is 6.18 Å². The average molecular weight is 499 g/mol. The first-order valence-corrected chi connectivity index (χ1v) is 11.6. The fourth-order valence-corrected chi connectivity index (χ4v) is 4.86. The zero-order valence-corrected chi connectivity index (χ0v) is 19.5. The number of aromatic nitrogens is 2. The zero-order valence-electron chi connectivity index (χ0n) is 19.5. The normalized spacial score (nSPS) is 19.4. The molecule has 36 heavy (non-hydrogen) atoms. The number of rotatable bonds is 4. The lowest BCUT2D eigenvalue weighted by Gasteiger charge is -2.45. The van der Waals surface area contributed by atoms with Crippen LogP contribution in [0.1, 0.15) is 27.3 Å². The number of nitrogens with zero attached hydrogens (tertiary/aromatic N) is 3. The van der Waals surface area contributed by atoms with Gasteiger partial charge in [-0.2, -0.15) is 13.2 Å². The molecular formula is C26H25F3N4O3. The number of anilines is 2. The molecular weight excluding hydrogens is 473 g/mol. The van der Waals surface area contributed by atoms with E-state index in [0.29, 0.717) is 31.9 Å². The number of hydrogen-bond donors (Lipinski definition) is 2. The van der Waals surface area contributed by atoms with Crippen molar-refractivity contribution < 1.29 is 27.8 Å². The lowest BCUT2D eigenvalue weighted by atomic mass is 9.87. The maximum Gasteiger partial charge on any atom is 0.433 e. The molecule has 2 atom stereocenters. The van der Waals surface area contributed by atoms with Gasteiger partial charge in [-0.1, -0.05) is 6.07 Å². The number of hydrogen-bond acceptors (Lipinski definition) is 6. The number of morpholine rings is 1. The van der Waals surface area contributed by atoms with Gasteiger partial charge in [-0.25, -0.2) is 0 Å². The highest BCUT2D eigenvalue weighted by molar-refractivity contribution is 6.04. The van der Waals surface area contributed by atoms with E-state index in [-0.39, 0.29) is 24.1 Å². The van der Waals surface area contributed by atoms with Crippen LogP contribution in [0, 0.1) is 12.8 Å². The molecule has 4 heterocycles. The van der Waals surface area contributed by atoms with Crippen molar-refractivity contribution in [1.29, 1.82) is 0 Å². The number of alkyl halides is 3. The van der Waals surface area contributed by atoms with Gasteiger partial charge in [0.1, 0.15) is 5.69 Å². The van der Waals surface area contributed by atoms with E-state index in [9.17, 15) is 23.1 Å². The Morgan fingerprint density at radius 1 is 1.22 bits per heavy atom. The molecule has 2 aliphatic rings. The van der Waals surface area contributed by atoms with Gasteiger partial charge in [0.25, 0.3) is 5.91 Å². The first-order valence-electron chi connectivity index (χ1n) is 11.6. The van der Waals surface area contributed by atoms with E-state index < -0.39 is 17.8 Å². The van der Waals surface area contributed by atoms with Crippen LogP contribution in [0.2, 0.25) is 0 Å². The van der Waals surface area contributed by atoms with Crippen LogP contribution in [0.25, 0.3) is 11.1 Å². The fraction of sp³-hybridized carbons (Fsp3) is 0.346. The summed E-state index contributed by atoms with van der Waals surface area (Å²) in [6.07, 6.45) is -1.22. The molecule has 0 radical (unpaired) electrons. The number of nitrogens with one attached hydrogen (secondary N) is 1. The van der Waals surface area contributed by atoms with Gasteiger partial charge in [0.05, 0.1) is 30.6 Å². The van der Waals surface area contributed by atoms with Crippen molar-refractivity contribution in [2.45, 2.75) is 25.6 Å². The molecule has 3 aromatic rings. The van der Waals surface area contributed by atoms with Crippen molar-refractivity contribution >= 4 is 17.3 Å². The van der Waals surface area contributed by atoms with E-state index in [1.807, 2.05) is 13.0 Å². The summed E-state index contributed by atoms with van der Waals surface area (Å²) in [6.45, 7) is 3.87. The number of carbonyl (C=O) groups excluding carboxylic acids is 1. The SMILES string of the molecule is Cc1ccc(NC(=O)c2ccnc(C(F)(F)F)c2)cc1-c1cnc2c(c1)N1CCOCC1C(CO)C2. The zero-order chi connectivity index (χ0) is 25.4. The summed E-state index contributed by atoms with van der Waals surface area (Å²) in [4.78, 5) is 22.9. The third-order valence-corrected chi connectivity index (χ3v) is 6.78. The molecule has 188 valence electrons. The largest absolute Gasteiger partial charge is 0.433 e. The van der Waals surface area contributed by atoms with E-state index in [2.05, 4.69) is 21.3 Å². The first-order chi connectivity index (χ1) is 17.2. The van der Waals surface area contributed by atoms with Crippen LogP contribution in [0.3, 0.4) is 0 Å². The Kier molecular flexibility index (Phi) is 6.40. The smallest absolute Gasteiger partial charge is 0.396 e. The van der Waals surface area contributed by atoms with E-state index in [1.54, 1.807) is 18.3 Å². The van der Waals surface area contributed by atoms with Crippen LogP contribution in [-0.2, 0) is 17.3 Å². The number of fused-ring (bicyclic) bond motifs is 3. The predicted molar refractivity (Wildman–Crippen MR) is 128 cm³/mol. The molecule has 0 aliphatic carbocycles. The maximum atomic E-state index is 13.0. The number of amides is 1. The van der Waals surface area contributed by atoms with Crippen LogP contribution in [0.15, 0.2) is 48.8 Å². The summed E-state index contributed by atoms with van der Waals surface area (Å²) in [5.74, 6) is -0.602. The molecule has 2 aromatic heterocycles. The molecule has 0 bridgehead atoms. The highest BCUT2D eigenvalue weighted by Crippen LogP contribution is 2.38. The monoisotopic (exact) mass is 498 g/mol. The molecule has 7 nitrogen and oxygen atoms in total. The minimum atomic E-state index is -4.64. The number of carbonyl (C=O) groups is 1. The third kappa shape index (κ3) is 4.66. The van der Waals surface area contributed by atoms with Crippen LogP contribution in [0.5, 0.6) is 0 Å². The number of benzene rings is 1. The summed E-state index contributed by atoms with van der Waals surface area (Å²) in [5, 5.41) is 12.5. The molecule has 1 amide bonds. The van der Waals surface area contributed by atoms with Gasteiger partial charge in [0.2, 0.25) is 0 Å². The first kappa shape index (κ1) is 24.2. The lowest BCUT2D eigenvalue weighted by molar-refractivity contribution is -0.141. The highest BCUT2D eigenvalue weighted by atomic mass is 19.4. The summed E-state index contributed by atoms with van der Waals surface area (Å²) in [7, 11) is 0. The molecule has 0 saturated carbocycles. The predicted octanol–water partition coefficient (Wildman–Crippen LogP) is 4.09. The number of halogens is 3. The van der Waals surface area contributed by atoms with Crippen molar-refractivity contribution in [1.82, 2.24) is 9.97 Å². The van der Waals surface area contributed by atoms with Crippen molar-refractivity contribution in [2.24, 2.45) is 5.92 Å². The van der Waals surface area contributed by atoms with Gasteiger partial charge in [-0.05, 0) is 54.8 Å². The standard InChI is InChI=1S/C26H25F3N4O3/c1-15-2-3-19(32-25(35)16-4-5-30-24(10-16)26(27,28)29)11-20(15)17-9-22-21(31-12-17)8-18(13-34)23-14-36-7-6-33(22)23/h2-5,9-12,18,23,34H,6-8,13-14H2,1H3,(H,32,35). The molecule has 5 rings (SSSR count). The summed E-state index contributed by atoms with van der Waals surface area (Å²) < 4.78 is 44.6. The second kappa shape index (κ2) is 9.51. The van der Waals surface area contributed by atoms with E-state index in [4.69, 9.17) is 9.72 Å². The Balaban J connectivity index is 1.43. The fourth-order valence-electron chi connectivity index (χ4n) is 4.86. The van der Waals surface area contributed by atoms with Crippen molar-refractivity contribution in [2.75, 3.05) is 36.6 Å². The van der Waals surface area contributed by atoms with Crippen LogP contribution >= 0.6 is 0 Å². The molecule has 2 N–H and O–H groups in total. The van der Waals surface area contributed by atoms with Gasteiger partial charge in [-0.15, -0.1) is 0 Å². The molecule has 2 unspecified atom stereocenters. The van der Waals surface area contributed by atoms with Crippen molar-refractivity contribution in [3.63, 3.8) is 0 Å². The maximum absolute atomic E-state index is 13.0. The number of aliphatic hydroxyl groups is 1. The summed E-state index contributed by atoms with van der Waals surface area (Å²) in [5.41, 5.74) is 3.80.